The van der Waals surface area contributed by atoms with Crippen LogP contribution >= 0.6 is 0 Å². The topological polar surface area (TPSA) is 70.2 Å². The van der Waals surface area contributed by atoms with Gasteiger partial charge in [-0.1, -0.05) is 12.1 Å². The molecule has 0 spiro atoms. The van der Waals surface area contributed by atoms with Gasteiger partial charge < -0.3 is 16.0 Å². The van der Waals surface area contributed by atoms with Crippen LogP contribution in [0, 0.1) is 0 Å². The molecule has 0 saturated carbocycles. The molecule has 5 nitrogen and oxygen atoms in total. The molecule has 5 heteroatoms. The molecule has 1 aromatic rings. The van der Waals surface area contributed by atoms with Gasteiger partial charge >= 0.3 is 6.03 Å². The van der Waals surface area contributed by atoms with E-state index in [1.54, 1.807) is 0 Å². The van der Waals surface area contributed by atoms with Crippen LogP contribution in [-0.4, -0.2) is 24.5 Å². The number of benzene rings is 1. The van der Waals surface area contributed by atoms with Crippen molar-refractivity contribution in [3.05, 3.63) is 29.3 Å². The third-order valence-electron chi connectivity index (χ3n) is 3.18. The zero-order chi connectivity index (χ0) is 14.5. The van der Waals surface area contributed by atoms with Gasteiger partial charge in [-0.15, -0.1) is 0 Å². The second-order valence-corrected chi connectivity index (χ2v) is 5.34. The average molecular weight is 275 g/mol. The monoisotopic (exact) mass is 275 g/mol. The summed E-state index contributed by atoms with van der Waals surface area (Å²) in [6.07, 6.45) is 2.12. The van der Waals surface area contributed by atoms with Gasteiger partial charge in [-0.05, 0) is 43.9 Å². The van der Waals surface area contributed by atoms with Crippen molar-refractivity contribution in [3.63, 3.8) is 0 Å². The molecule has 20 heavy (non-hydrogen) atoms. The quantitative estimate of drug-likeness (QED) is 0.784. The Hall–Kier alpha value is -2.04. The molecular weight excluding hydrogens is 254 g/mol. The van der Waals surface area contributed by atoms with Gasteiger partial charge in [0.2, 0.25) is 5.91 Å². The molecule has 1 heterocycles. The lowest BCUT2D eigenvalue weighted by molar-refractivity contribution is -0.116. The molecule has 0 bridgehead atoms. The van der Waals surface area contributed by atoms with Gasteiger partial charge in [0.15, 0.2) is 0 Å². The summed E-state index contributed by atoms with van der Waals surface area (Å²) in [6, 6.07) is 6.05. The summed E-state index contributed by atoms with van der Waals surface area (Å²) in [4.78, 5) is 22.7. The van der Waals surface area contributed by atoms with Crippen molar-refractivity contribution in [3.8, 4) is 0 Å². The van der Waals surface area contributed by atoms with Crippen LogP contribution in [0.4, 0.5) is 10.5 Å². The van der Waals surface area contributed by atoms with Crippen LogP contribution in [0.15, 0.2) is 18.2 Å². The van der Waals surface area contributed by atoms with Crippen LogP contribution in [0.3, 0.4) is 0 Å². The number of aryl methyl sites for hydroxylation is 1. The smallest absolute Gasteiger partial charge is 0.314 e. The number of anilines is 1. The van der Waals surface area contributed by atoms with E-state index in [4.69, 9.17) is 0 Å². The van der Waals surface area contributed by atoms with Crippen molar-refractivity contribution in [2.24, 2.45) is 0 Å². The van der Waals surface area contributed by atoms with Crippen LogP contribution in [0.5, 0.6) is 0 Å². The predicted molar refractivity (Wildman–Crippen MR) is 78.8 cm³/mol. The van der Waals surface area contributed by atoms with Crippen molar-refractivity contribution in [1.82, 2.24) is 10.6 Å². The fourth-order valence-corrected chi connectivity index (χ4v) is 2.23. The Kier molecular flexibility index (Phi) is 4.61. The molecule has 0 aromatic heterocycles. The average Bonchev–Trinajstić information content (AvgIpc) is 2.38. The van der Waals surface area contributed by atoms with Crippen molar-refractivity contribution in [2.75, 3.05) is 11.9 Å². The normalized spacial score (nSPS) is 13.7. The van der Waals surface area contributed by atoms with Crippen LogP contribution in [-0.2, 0) is 17.6 Å². The number of rotatable bonds is 4. The van der Waals surface area contributed by atoms with E-state index in [-0.39, 0.29) is 18.0 Å². The van der Waals surface area contributed by atoms with E-state index in [0.717, 1.165) is 18.5 Å². The molecule has 0 atom stereocenters. The van der Waals surface area contributed by atoms with Gasteiger partial charge in [0, 0.05) is 24.7 Å². The lowest BCUT2D eigenvalue weighted by Crippen LogP contribution is -2.40. The maximum Gasteiger partial charge on any atom is 0.314 e. The summed E-state index contributed by atoms with van der Waals surface area (Å²) in [5.41, 5.74) is 3.26. The summed E-state index contributed by atoms with van der Waals surface area (Å²) >= 11 is 0. The largest absolute Gasteiger partial charge is 0.338 e. The molecule has 0 saturated heterocycles. The van der Waals surface area contributed by atoms with E-state index < -0.39 is 0 Å². The Morgan fingerprint density at radius 1 is 1.35 bits per heavy atom. The van der Waals surface area contributed by atoms with Crippen LogP contribution in [0.25, 0.3) is 0 Å². The number of hydrogen-bond acceptors (Lipinski definition) is 2. The Labute approximate surface area is 119 Å². The lowest BCUT2D eigenvalue weighted by Gasteiger charge is -2.17. The molecule has 108 valence electrons. The Bertz CT molecular complexity index is 512. The SMILES string of the molecule is CC(C)NC(=O)NCCc1ccc2c(c1)CCC(=O)N2. The van der Waals surface area contributed by atoms with Crippen molar-refractivity contribution in [2.45, 2.75) is 39.2 Å². The molecule has 1 aliphatic heterocycles. The second-order valence-electron chi connectivity index (χ2n) is 5.34. The highest BCUT2D eigenvalue weighted by molar-refractivity contribution is 5.93. The Morgan fingerprint density at radius 3 is 2.90 bits per heavy atom. The zero-order valence-electron chi connectivity index (χ0n) is 12.0. The molecular formula is C15H21N3O2. The fourth-order valence-electron chi connectivity index (χ4n) is 2.23. The summed E-state index contributed by atoms with van der Waals surface area (Å²) in [6.45, 7) is 4.46. The lowest BCUT2D eigenvalue weighted by atomic mass is 9.99. The van der Waals surface area contributed by atoms with Gasteiger partial charge in [0.25, 0.3) is 0 Å². The van der Waals surface area contributed by atoms with E-state index in [0.29, 0.717) is 13.0 Å². The third kappa shape index (κ3) is 3.98. The summed E-state index contributed by atoms with van der Waals surface area (Å²) in [7, 11) is 0. The number of carbonyl (C=O) groups is 2. The van der Waals surface area contributed by atoms with Crippen molar-refractivity contribution >= 4 is 17.6 Å². The van der Waals surface area contributed by atoms with E-state index in [1.165, 1.54) is 11.1 Å². The van der Waals surface area contributed by atoms with E-state index in [2.05, 4.69) is 22.0 Å². The summed E-state index contributed by atoms with van der Waals surface area (Å²) < 4.78 is 0. The van der Waals surface area contributed by atoms with E-state index in [1.807, 2.05) is 26.0 Å². The first-order chi connectivity index (χ1) is 9.54. The predicted octanol–water partition coefficient (Wildman–Crippen LogP) is 1.82. The van der Waals surface area contributed by atoms with Crippen molar-refractivity contribution in [1.29, 1.82) is 0 Å². The summed E-state index contributed by atoms with van der Waals surface area (Å²) in [5, 5.41) is 8.48. The standard InChI is InChI=1S/C15H21N3O2/c1-10(2)17-15(20)16-8-7-11-3-5-13-12(9-11)4-6-14(19)18-13/h3,5,9-10H,4,6-8H2,1-2H3,(H,18,19)(H2,16,17,20). The van der Waals surface area contributed by atoms with E-state index >= 15 is 0 Å². The minimum absolute atomic E-state index is 0.0808. The van der Waals surface area contributed by atoms with Gasteiger partial charge in [-0.2, -0.15) is 0 Å². The van der Waals surface area contributed by atoms with Crippen LogP contribution < -0.4 is 16.0 Å². The van der Waals surface area contributed by atoms with Gasteiger partial charge in [0.05, 0.1) is 0 Å². The number of hydrogen-bond donors (Lipinski definition) is 3. The number of urea groups is 1. The van der Waals surface area contributed by atoms with Crippen LogP contribution in [0.1, 0.15) is 31.4 Å². The Balaban J connectivity index is 1.85. The molecule has 2 rings (SSSR count). The first-order valence-electron chi connectivity index (χ1n) is 7.00. The number of nitrogens with one attached hydrogen (secondary N) is 3. The number of carbonyl (C=O) groups excluding carboxylic acids is 2. The highest BCUT2D eigenvalue weighted by Crippen LogP contribution is 2.23. The first kappa shape index (κ1) is 14.4. The maximum absolute atomic E-state index is 11.4. The number of fused-ring (bicyclic) bond motifs is 1. The van der Waals surface area contributed by atoms with Gasteiger partial charge in [-0.25, -0.2) is 4.79 Å². The highest BCUT2D eigenvalue weighted by Gasteiger charge is 2.14. The van der Waals surface area contributed by atoms with Crippen LogP contribution in [0.2, 0.25) is 0 Å². The van der Waals surface area contributed by atoms with E-state index in [9.17, 15) is 9.59 Å². The van der Waals surface area contributed by atoms with Crippen molar-refractivity contribution < 1.29 is 9.59 Å². The highest BCUT2D eigenvalue weighted by atomic mass is 16.2. The molecule has 3 N–H and O–H groups in total. The first-order valence-corrected chi connectivity index (χ1v) is 7.00. The minimum Gasteiger partial charge on any atom is -0.338 e. The third-order valence-corrected chi connectivity index (χ3v) is 3.18. The number of amides is 3. The molecule has 0 aliphatic carbocycles. The molecule has 1 aromatic carbocycles. The fraction of sp³-hybridized carbons (Fsp3) is 0.467. The molecule has 0 unspecified atom stereocenters. The Morgan fingerprint density at radius 2 is 2.15 bits per heavy atom. The van der Waals surface area contributed by atoms with Gasteiger partial charge in [-0.3, -0.25) is 4.79 Å². The molecule has 0 radical (unpaired) electrons. The zero-order valence-corrected chi connectivity index (χ0v) is 12.0. The molecule has 3 amide bonds. The minimum atomic E-state index is -0.134. The maximum atomic E-state index is 11.4. The van der Waals surface area contributed by atoms with Gasteiger partial charge in [0.1, 0.15) is 0 Å². The second kappa shape index (κ2) is 6.41. The summed E-state index contributed by atoms with van der Waals surface area (Å²) in [5.74, 6) is 0.0808. The molecule has 0 fully saturated rings. The molecule has 1 aliphatic rings.